The van der Waals surface area contributed by atoms with Crippen molar-refractivity contribution in [3.05, 3.63) is 48.2 Å². The molecule has 0 unspecified atom stereocenters. The first-order chi connectivity index (χ1) is 14.8. The first kappa shape index (κ1) is 21.2. The second-order valence-corrected chi connectivity index (χ2v) is 10.1. The minimum atomic E-state index is -0.732. The summed E-state index contributed by atoms with van der Waals surface area (Å²) in [5, 5.41) is 5.08. The molecule has 6 rings (SSSR count). The van der Waals surface area contributed by atoms with Crippen LogP contribution in [0.1, 0.15) is 39.2 Å². The van der Waals surface area contributed by atoms with Crippen LogP contribution in [-0.2, 0) is 25.4 Å². The molecule has 1 aliphatic carbocycles. The van der Waals surface area contributed by atoms with Gasteiger partial charge in [0.2, 0.25) is 0 Å². The Morgan fingerprint density at radius 3 is 2.87 bits per heavy atom. The van der Waals surface area contributed by atoms with E-state index in [4.69, 9.17) is 18.9 Å². The number of benzene rings is 1. The highest BCUT2D eigenvalue weighted by Crippen LogP contribution is 2.57. The van der Waals surface area contributed by atoms with Gasteiger partial charge in [0, 0.05) is 36.7 Å². The Balaban J connectivity index is 1.33. The molecule has 4 aliphatic rings. The van der Waals surface area contributed by atoms with Gasteiger partial charge in [-0.05, 0) is 63.3 Å². The molecular weight excluding hydrogens is 392 g/mol. The molecule has 6 atom stereocenters. The number of fused-ring (bicyclic) bond motifs is 2. The average Bonchev–Trinajstić information content (AvgIpc) is 3.12. The van der Waals surface area contributed by atoms with Crippen molar-refractivity contribution in [1.82, 2.24) is 10.3 Å². The molecule has 6 nitrogen and oxygen atoms in total. The minimum absolute atomic E-state index is 0.0131. The average molecular weight is 427 g/mol. The van der Waals surface area contributed by atoms with Crippen LogP contribution in [0.5, 0.6) is 0 Å². The van der Waals surface area contributed by atoms with Crippen molar-refractivity contribution in [3.63, 3.8) is 0 Å². The van der Waals surface area contributed by atoms with Gasteiger partial charge in [-0.2, -0.15) is 0 Å². The van der Waals surface area contributed by atoms with Crippen LogP contribution in [0.15, 0.2) is 42.6 Å². The van der Waals surface area contributed by atoms with Gasteiger partial charge in [0.1, 0.15) is 0 Å². The van der Waals surface area contributed by atoms with E-state index >= 15 is 0 Å². The van der Waals surface area contributed by atoms with Crippen molar-refractivity contribution < 1.29 is 18.9 Å². The van der Waals surface area contributed by atoms with Crippen molar-refractivity contribution in [2.75, 3.05) is 13.7 Å². The third-order valence-corrected chi connectivity index (χ3v) is 6.86. The molecule has 168 valence electrons. The normalized spacial score (nSPS) is 35.1. The Morgan fingerprint density at radius 2 is 2.10 bits per heavy atom. The topological polar surface area (TPSA) is 64.7 Å². The molecule has 0 radical (unpaired) electrons. The summed E-state index contributed by atoms with van der Waals surface area (Å²) < 4.78 is 24.7. The quantitative estimate of drug-likeness (QED) is 0.681. The SMILES string of the molecule is C=C1[C@H]2O[C@@H](OC)[C@H]3[C@H]1C[C@H](NCCc1c[nH]c4ccccc14)C[C@@]3(OC(C)(C)C)O2. The van der Waals surface area contributed by atoms with Crippen molar-refractivity contribution in [3.8, 4) is 0 Å². The first-order valence-corrected chi connectivity index (χ1v) is 11.3. The molecule has 2 aromatic rings. The van der Waals surface area contributed by atoms with Crippen LogP contribution in [0, 0.1) is 11.8 Å². The highest BCUT2D eigenvalue weighted by molar-refractivity contribution is 5.83. The van der Waals surface area contributed by atoms with Gasteiger partial charge in [0.05, 0.1) is 11.5 Å². The maximum absolute atomic E-state index is 6.62. The molecule has 3 saturated heterocycles. The van der Waals surface area contributed by atoms with E-state index < -0.39 is 12.1 Å². The van der Waals surface area contributed by atoms with Gasteiger partial charge < -0.3 is 29.2 Å². The zero-order valence-electron chi connectivity index (χ0n) is 18.9. The van der Waals surface area contributed by atoms with E-state index in [2.05, 4.69) is 68.1 Å². The molecule has 4 fully saturated rings. The Morgan fingerprint density at radius 1 is 1.29 bits per heavy atom. The predicted octanol–water partition coefficient (Wildman–Crippen LogP) is 4.12. The summed E-state index contributed by atoms with van der Waals surface area (Å²) in [4.78, 5) is 3.37. The van der Waals surface area contributed by atoms with Gasteiger partial charge in [-0.25, -0.2) is 0 Å². The molecule has 1 saturated carbocycles. The van der Waals surface area contributed by atoms with Crippen molar-refractivity contribution in [1.29, 1.82) is 0 Å². The molecule has 3 aliphatic heterocycles. The summed E-state index contributed by atoms with van der Waals surface area (Å²) >= 11 is 0. The second kappa shape index (κ2) is 7.71. The zero-order valence-corrected chi connectivity index (χ0v) is 18.9. The van der Waals surface area contributed by atoms with Gasteiger partial charge in [-0.1, -0.05) is 24.8 Å². The van der Waals surface area contributed by atoms with Crippen LogP contribution in [0.25, 0.3) is 10.9 Å². The highest BCUT2D eigenvalue weighted by atomic mass is 16.8. The van der Waals surface area contributed by atoms with E-state index in [-0.39, 0.29) is 29.8 Å². The summed E-state index contributed by atoms with van der Waals surface area (Å²) in [5.74, 6) is -0.496. The lowest BCUT2D eigenvalue weighted by atomic mass is 9.65. The van der Waals surface area contributed by atoms with E-state index in [0.717, 1.165) is 31.4 Å². The molecule has 2 N–H and O–H groups in total. The van der Waals surface area contributed by atoms with Crippen molar-refractivity contribution in [2.45, 2.75) is 70.0 Å². The number of methoxy groups -OCH3 is 1. The number of hydrogen-bond acceptors (Lipinski definition) is 5. The van der Waals surface area contributed by atoms with Gasteiger partial charge in [0.25, 0.3) is 0 Å². The van der Waals surface area contributed by atoms with E-state index in [1.54, 1.807) is 7.11 Å². The van der Waals surface area contributed by atoms with Gasteiger partial charge in [0.15, 0.2) is 18.4 Å². The van der Waals surface area contributed by atoms with Crippen LogP contribution >= 0.6 is 0 Å². The Hall–Kier alpha value is -1.70. The maximum Gasteiger partial charge on any atom is 0.186 e. The fourth-order valence-electron chi connectivity index (χ4n) is 5.74. The van der Waals surface area contributed by atoms with Gasteiger partial charge in [-0.3, -0.25) is 0 Å². The summed E-state index contributed by atoms with van der Waals surface area (Å²) in [6.45, 7) is 11.4. The smallest absolute Gasteiger partial charge is 0.186 e. The number of H-pyrrole nitrogens is 1. The lowest BCUT2D eigenvalue weighted by Crippen LogP contribution is -2.70. The predicted molar refractivity (Wildman–Crippen MR) is 119 cm³/mol. The summed E-state index contributed by atoms with van der Waals surface area (Å²) in [6.07, 6.45) is 4.06. The molecule has 0 amide bonds. The molecule has 1 aromatic carbocycles. The van der Waals surface area contributed by atoms with Crippen LogP contribution < -0.4 is 5.32 Å². The first-order valence-electron chi connectivity index (χ1n) is 11.3. The van der Waals surface area contributed by atoms with Crippen LogP contribution in [0.3, 0.4) is 0 Å². The number of para-hydroxylation sites is 1. The summed E-state index contributed by atoms with van der Waals surface area (Å²) in [7, 11) is 1.70. The van der Waals surface area contributed by atoms with Gasteiger partial charge >= 0.3 is 0 Å². The summed E-state index contributed by atoms with van der Waals surface area (Å²) in [5.41, 5.74) is 3.20. The van der Waals surface area contributed by atoms with Crippen molar-refractivity contribution >= 4 is 10.9 Å². The highest BCUT2D eigenvalue weighted by Gasteiger charge is 2.65. The molecule has 31 heavy (non-hydrogen) atoms. The number of hydrogen-bond donors (Lipinski definition) is 2. The minimum Gasteiger partial charge on any atom is -0.361 e. The number of ether oxygens (including phenoxy) is 4. The van der Waals surface area contributed by atoms with E-state index in [9.17, 15) is 0 Å². The van der Waals surface area contributed by atoms with E-state index in [1.165, 1.54) is 16.5 Å². The maximum atomic E-state index is 6.62. The fraction of sp³-hybridized carbons (Fsp3) is 0.600. The summed E-state index contributed by atoms with van der Waals surface area (Å²) in [6, 6.07) is 8.73. The molecule has 4 bridgehead atoms. The van der Waals surface area contributed by atoms with E-state index in [0.29, 0.717) is 0 Å². The van der Waals surface area contributed by atoms with Crippen molar-refractivity contribution in [2.24, 2.45) is 11.8 Å². The molecular formula is C25H34N2O4. The molecule has 1 aromatic heterocycles. The van der Waals surface area contributed by atoms with Gasteiger partial charge in [-0.15, -0.1) is 0 Å². The third kappa shape index (κ3) is 3.74. The van der Waals surface area contributed by atoms with Crippen LogP contribution in [0.4, 0.5) is 0 Å². The third-order valence-electron chi connectivity index (χ3n) is 6.86. The fourth-order valence-corrected chi connectivity index (χ4v) is 5.74. The Kier molecular flexibility index (Phi) is 5.26. The number of rotatable bonds is 6. The Bertz CT molecular complexity index is 964. The molecule has 4 heterocycles. The van der Waals surface area contributed by atoms with Crippen LogP contribution in [-0.4, -0.2) is 48.6 Å². The lowest BCUT2D eigenvalue weighted by molar-refractivity contribution is -0.461. The molecule has 0 spiro atoms. The van der Waals surface area contributed by atoms with Crippen LogP contribution in [0.2, 0.25) is 0 Å². The number of nitrogens with one attached hydrogen (secondary N) is 2. The lowest BCUT2D eigenvalue weighted by Gasteiger charge is -2.62. The second-order valence-electron chi connectivity index (χ2n) is 10.1. The number of aromatic nitrogens is 1. The number of aromatic amines is 1. The zero-order chi connectivity index (χ0) is 21.8. The molecule has 6 heteroatoms. The Labute approximate surface area is 184 Å². The van der Waals surface area contributed by atoms with E-state index in [1.807, 2.05) is 0 Å². The standard InChI is InChI=1S/C25H34N2O4/c1-15-19-12-17(26-11-10-16-14-27-20-9-7-6-8-18(16)20)13-25(31-24(2,3)4)21(19)23(28-5)29-22(15)30-25/h6-9,14,17,19,21-23,26-27H,1,10-13H2,2-5H3/t17-,19-,21+,22-,23+,25-/m0/s1. The monoisotopic (exact) mass is 426 g/mol. The largest absolute Gasteiger partial charge is 0.361 e.